The Bertz CT molecular complexity index is 3860. The van der Waals surface area contributed by atoms with Gasteiger partial charge in [-0.1, -0.05) is 170 Å². The first kappa shape index (κ1) is 36.5. The van der Waals surface area contributed by atoms with Gasteiger partial charge in [-0.15, -0.1) is 0 Å². The van der Waals surface area contributed by atoms with E-state index in [0.29, 0.717) is 0 Å². The molecule has 0 fully saturated rings. The number of benzene rings is 10. The van der Waals surface area contributed by atoms with Gasteiger partial charge in [-0.3, -0.25) is 0 Å². The van der Waals surface area contributed by atoms with Crippen LogP contribution in [0.1, 0.15) is 0 Å². The van der Waals surface area contributed by atoms with E-state index in [1.807, 2.05) is 0 Å². The summed E-state index contributed by atoms with van der Waals surface area (Å²) in [5, 5.41) is 12.6. The molecule has 0 atom stereocenters. The highest BCUT2D eigenvalue weighted by atomic mass is 28.3. The Kier molecular flexibility index (Phi) is 8.23. The third-order valence-electron chi connectivity index (χ3n) is 13.5. The quantitative estimate of drug-likeness (QED) is 0.116. The zero-order chi connectivity index (χ0) is 42.2. The molecule has 3 aromatic heterocycles. The maximum Gasteiger partial charge on any atom is 0.180 e. The average molecular weight is 833 g/mol. The second-order valence-electron chi connectivity index (χ2n) is 16.8. The number of nitrogens with zero attached hydrogens (tertiary/aromatic N) is 2. The predicted molar refractivity (Wildman–Crippen MR) is 271 cm³/mol. The lowest BCUT2D eigenvalue weighted by Crippen LogP contribution is -2.74. The van der Waals surface area contributed by atoms with E-state index in [-0.39, 0.29) is 0 Å². The van der Waals surface area contributed by atoms with Gasteiger partial charge < -0.3 is 13.6 Å². The van der Waals surface area contributed by atoms with E-state index in [2.05, 4.69) is 252 Å². The predicted octanol–water partition coefficient (Wildman–Crippen LogP) is 12.8. The Morgan fingerprint density at radius 1 is 0.297 bits per heavy atom. The fraction of sp³-hybridized carbons (Fsp3) is 0. The van der Waals surface area contributed by atoms with Crippen LogP contribution < -0.4 is 20.7 Å². The largest absolute Gasteiger partial charge is 0.456 e. The maximum absolute atomic E-state index is 6.59. The van der Waals surface area contributed by atoms with Crippen molar-refractivity contribution in [2.24, 2.45) is 0 Å². The molecule has 300 valence electrons. The van der Waals surface area contributed by atoms with E-state index in [1.54, 1.807) is 0 Å². The minimum Gasteiger partial charge on any atom is -0.456 e. The van der Waals surface area contributed by atoms with Gasteiger partial charge in [-0.05, 0) is 105 Å². The van der Waals surface area contributed by atoms with Crippen molar-refractivity contribution in [3.63, 3.8) is 0 Å². The monoisotopic (exact) mass is 832 g/mol. The van der Waals surface area contributed by atoms with Gasteiger partial charge >= 0.3 is 0 Å². The molecule has 0 unspecified atom stereocenters. The van der Waals surface area contributed by atoms with Gasteiger partial charge in [0, 0.05) is 43.7 Å². The van der Waals surface area contributed by atoms with Gasteiger partial charge in [0.05, 0.1) is 22.1 Å². The van der Waals surface area contributed by atoms with Gasteiger partial charge in [-0.25, -0.2) is 0 Å². The molecule has 4 heteroatoms. The minimum atomic E-state index is -3.01. The number of furan rings is 1. The molecule has 3 nitrogen and oxygen atoms in total. The summed E-state index contributed by atoms with van der Waals surface area (Å²) in [5.41, 5.74) is 11.3. The van der Waals surface area contributed by atoms with Crippen LogP contribution in [0.3, 0.4) is 0 Å². The lowest BCUT2D eigenvalue weighted by Gasteiger charge is -2.35. The number of para-hydroxylation sites is 4. The van der Waals surface area contributed by atoms with Crippen LogP contribution in [-0.4, -0.2) is 17.2 Å². The van der Waals surface area contributed by atoms with Crippen LogP contribution in [0.15, 0.2) is 247 Å². The van der Waals surface area contributed by atoms with Gasteiger partial charge in [0.15, 0.2) is 8.07 Å². The molecule has 3 heterocycles. The molecule has 0 N–H and O–H groups in total. The number of fused-ring (bicyclic) bond motifs is 9. The van der Waals surface area contributed by atoms with Crippen molar-refractivity contribution in [1.82, 2.24) is 9.13 Å². The average Bonchev–Trinajstić information content (AvgIpc) is 4.03. The third kappa shape index (κ3) is 5.39. The topological polar surface area (TPSA) is 23.0 Å². The van der Waals surface area contributed by atoms with Crippen LogP contribution in [0.2, 0.25) is 0 Å². The zero-order valence-electron chi connectivity index (χ0n) is 34.9. The highest BCUT2D eigenvalue weighted by Crippen LogP contribution is 2.38. The van der Waals surface area contributed by atoms with Gasteiger partial charge in [0.25, 0.3) is 0 Å². The highest BCUT2D eigenvalue weighted by Gasteiger charge is 2.43. The molecule has 0 saturated heterocycles. The third-order valence-corrected chi connectivity index (χ3v) is 18.3. The number of hydrogen-bond acceptors (Lipinski definition) is 1. The summed E-state index contributed by atoms with van der Waals surface area (Å²) < 4.78 is 11.4. The lowest BCUT2D eigenvalue weighted by atomic mass is 10.0. The summed E-state index contributed by atoms with van der Waals surface area (Å²) in [7, 11) is -3.01. The van der Waals surface area contributed by atoms with Crippen LogP contribution in [-0.2, 0) is 0 Å². The van der Waals surface area contributed by atoms with Gasteiger partial charge in [0.2, 0.25) is 0 Å². The molecule has 10 aromatic carbocycles. The van der Waals surface area contributed by atoms with Crippen molar-refractivity contribution in [2.75, 3.05) is 0 Å². The normalized spacial score (nSPS) is 12.1. The molecular formula is C60H40N2OSi. The molecule has 0 aliphatic carbocycles. The minimum absolute atomic E-state index is 0.909. The molecule has 0 saturated carbocycles. The van der Waals surface area contributed by atoms with Crippen LogP contribution >= 0.6 is 0 Å². The Morgan fingerprint density at radius 3 is 1.38 bits per heavy atom. The van der Waals surface area contributed by atoms with Crippen molar-refractivity contribution in [2.45, 2.75) is 0 Å². The first-order chi connectivity index (χ1) is 31.8. The van der Waals surface area contributed by atoms with Crippen LogP contribution in [0, 0.1) is 0 Å². The fourth-order valence-electron chi connectivity index (χ4n) is 10.7. The smallest absolute Gasteiger partial charge is 0.180 e. The molecule has 13 rings (SSSR count). The molecule has 0 amide bonds. The Hall–Kier alpha value is -8.18. The number of rotatable bonds is 7. The zero-order valence-corrected chi connectivity index (χ0v) is 35.9. The summed E-state index contributed by atoms with van der Waals surface area (Å²) >= 11 is 0. The molecule has 64 heavy (non-hydrogen) atoms. The summed E-state index contributed by atoms with van der Waals surface area (Å²) in [6.07, 6.45) is 0. The number of hydrogen-bond donors (Lipinski definition) is 0. The van der Waals surface area contributed by atoms with Gasteiger partial charge in [0.1, 0.15) is 11.2 Å². The van der Waals surface area contributed by atoms with Crippen molar-refractivity contribution >= 4 is 94.4 Å². The van der Waals surface area contributed by atoms with E-state index in [9.17, 15) is 0 Å². The van der Waals surface area contributed by atoms with Crippen molar-refractivity contribution in [3.8, 4) is 22.5 Å². The highest BCUT2D eigenvalue weighted by molar-refractivity contribution is 7.20. The van der Waals surface area contributed by atoms with E-state index >= 15 is 0 Å². The maximum atomic E-state index is 6.59. The van der Waals surface area contributed by atoms with E-state index in [4.69, 9.17) is 4.42 Å². The standard InChI is InChI=1S/C60H40N2OSi/c1-4-18-43(19-5-1)61-53-29-13-10-26-48(53)51-38-41(34-36-55(51)61)42-35-37-56-52(39-42)49-27-11-14-30-54(49)62(56)44-20-16-25-47(40-44)64(45-21-6-2-7-22-45,46-23-8-3-9-24-46)59-33-17-32-58-60(59)50-28-12-15-31-57(50)63-58/h1-40H. The summed E-state index contributed by atoms with van der Waals surface area (Å²) in [5.74, 6) is 0. The first-order valence-electron chi connectivity index (χ1n) is 22.0. The summed E-state index contributed by atoms with van der Waals surface area (Å²) in [4.78, 5) is 0. The molecule has 0 spiro atoms. The Labute approximate surface area is 371 Å². The van der Waals surface area contributed by atoms with E-state index in [1.165, 1.54) is 86.6 Å². The molecular weight excluding hydrogens is 793 g/mol. The first-order valence-corrected chi connectivity index (χ1v) is 24.0. The summed E-state index contributed by atoms with van der Waals surface area (Å²) in [6, 6.07) is 89.2. The Morgan fingerprint density at radius 2 is 0.750 bits per heavy atom. The van der Waals surface area contributed by atoms with Crippen molar-refractivity contribution in [3.05, 3.63) is 243 Å². The number of aromatic nitrogens is 2. The van der Waals surface area contributed by atoms with Gasteiger partial charge in [-0.2, -0.15) is 0 Å². The lowest BCUT2D eigenvalue weighted by molar-refractivity contribution is 0.669. The molecule has 0 bridgehead atoms. The van der Waals surface area contributed by atoms with E-state index < -0.39 is 8.07 Å². The van der Waals surface area contributed by atoms with Crippen LogP contribution in [0.5, 0.6) is 0 Å². The molecule has 0 radical (unpaired) electrons. The second-order valence-corrected chi connectivity index (χ2v) is 20.6. The SMILES string of the molecule is c1ccc(-n2c3ccccc3c3cc(-c4ccc5c(c4)c4ccccc4n5-c4cccc([Si](c5ccccc5)(c5ccccc5)c5cccc6oc7ccccc7c56)c4)ccc32)cc1. The van der Waals surface area contributed by atoms with Crippen molar-refractivity contribution < 1.29 is 4.42 Å². The van der Waals surface area contributed by atoms with E-state index in [0.717, 1.165) is 22.2 Å². The fourth-order valence-corrected chi connectivity index (χ4v) is 15.8. The molecule has 13 aromatic rings. The molecule has 0 aliphatic heterocycles. The Balaban J connectivity index is 1.03. The van der Waals surface area contributed by atoms with Crippen LogP contribution in [0.25, 0.3) is 88.1 Å². The molecule has 0 aliphatic rings. The van der Waals surface area contributed by atoms with Crippen LogP contribution in [0.4, 0.5) is 0 Å². The second kappa shape index (κ2) is 14.5. The van der Waals surface area contributed by atoms with Crippen molar-refractivity contribution in [1.29, 1.82) is 0 Å². The summed E-state index contributed by atoms with van der Waals surface area (Å²) in [6.45, 7) is 0.